The molecule has 0 spiro atoms. The fourth-order valence-electron chi connectivity index (χ4n) is 2.67. The van der Waals surface area contributed by atoms with Crippen LogP contribution in [0.3, 0.4) is 0 Å². The predicted molar refractivity (Wildman–Crippen MR) is 91.5 cm³/mol. The summed E-state index contributed by atoms with van der Waals surface area (Å²) >= 11 is -1.23. The fraction of sp³-hybridized carbons (Fsp3) is 0.167. The van der Waals surface area contributed by atoms with Gasteiger partial charge < -0.3 is 9.12 Å². The second-order valence-corrected chi connectivity index (χ2v) is 7.16. The third-order valence-electron chi connectivity index (χ3n) is 3.90. The zero-order chi connectivity index (χ0) is 17.4. The predicted octanol–water partition coefficient (Wildman–Crippen LogP) is 3.61. The Balaban J connectivity index is 2.35. The highest BCUT2D eigenvalue weighted by molar-refractivity contribution is 7.91. The monoisotopic (exact) mass is 347 g/mol. The van der Waals surface area contributed by atoms with Gasteiger partial charge in [0.2, 0.25) is 0 Å². The number of nitrogens with zero attached hydrogens (tertiary/aromatic N) is 1. The summed E-state index contributed by atoms with van der Waals surface area (Å²) in [6.45, 7) is 1.78. The van der Waals surface area contributed by atoms with E-state index in [9.17, 15) is 18.1 Å². The van der Waals surface area contributed by atoms with Crippen LogP contribution in [0.25, 0.3) is 21.9 Å². The standard InChI is InChI=1S/C18H15F2NO2S/c1-3-24(23)12-5-7-17(20)14(9-12)16-10-21(2)18(22)15-8-11(19)4-6-13(15)16/h4-10H,3H2,1-2H3. The highest BCUT2D eigenvalue weighted by Gasteiger charge is 2.17. The first-order valence-electron chi connectivity index (χ1n) is 7.39. The van der Waals surface area contributed by atoms with Crippen LogP contribution >= 0.6 is 0 Å². The average molecular weight is 347 g/mol. The van der Waals surface area contributed by atoms with Crippen molar-refractivity contribution in [2.24, 2.45) is 7.05 Å². The minimum absolute atomic E-state index is 0.177. The number of hydrogen-bond donors (Lipinski definition) is 0. The average Bonchev–Trinajstić information content (AvgIpc) is 2.58. The Bertz CT molecular complexity index is 985. The number of pyridine rings is 1. The lowest BCUT2D eigenvalue weighted by molar-refractivity contribution is 0.595. The molecule has 0 saturated heterocycles. The number of aromatic nitrogens is 1. The summed E-state index contributed by atoms with van der Waals surface area (Å²) in [5, 5.41) is 0.634. The topological polar surface area (TPSA) is 45.1 Å². The summed E-state index contributed by atoms with van der Waals surface area (Å²) < 4.78 is 41.2. The number of fused-ring (bicyclic) bond motifs is 1. The van der Waals surface area contributed by atoms with Crippen molar-refractivity contribution in [3.63, 3.8) is 0 Å². The first-order valence-corrected chi connectivity index (χ1v) is 8.71. The molecule has 0 aliphatic carbocycles. The largest absolute Gasteiger partial charge is 0.611 e. The Morgan fingerprint density at radius 2 is 1.83 bits per heavy atom. The van der Waals surface area contributed by atoms with Gasteiger partial charge in [-0.1, -0.05) is 6.07 Å². The van der Waals surface area contributed by atoms with Crippen molar-refractivity contribution < 1.29 is 13.3 Å². The fourth-order valence-corrected chi connectivity index (χ4v) is 3.48. The van der Waals surface area contributed by atoms with Crippen LogP contribution in [0.4, 0.5) is 8.78 Å². The maximum absolute atomic E-state index is 14.4. The smallest absolute Gasteiger partial charge is 0.258 e. The minimum Gasteiger partial charge on any atom is -0.611 e. The van der Waals surface area contributed by atoms with Gasteiger partial charge in [0.05, 0.1) is 5.39 Å². The normalized spacial score (nSPS) is 12.5. The second kappa shape index (κ2) is 6.37. The second-order valence-electron chi connectivity index (χ2n) is 5.42. The number of rotatable bonds is 3. The molecule has 0 saturated carbocycles. The molecule has 0 N–H and O–H groups in total. The molecule has 0 amide bonds. The summed E-state index contributed by atoms with van der Waals surface area (Å²) in [6, 6.07) is 8.12. The SMILES string of the molecule is CC[S+]([O-])c1ccc(F)c(-c2cn(C)c(=O)c3cc(F)ccc23)c1. The van der Waals surface area contributed by atoms with E-state index in [1.165, 1.54) is 48.1 Å². The van der Waals surface area contributed by atoms with Crippen LogP contribution in [0.1, 0.15) is 6.92 Å². The van der Waals surface area contributed by atoms with Crippen LogP contribution < -0.4 is 5.56 Å². The summed E-state index contributed by atoms with van der Waals surface area (Å²) in [4.78, 5) is 12.7. The maximum atomic E-state index is 14.4. The summed E-state index contributed by atoms with van der Waals surface area (Å²) in [7, 11) is 1.53. The molecule has 3 nitrogen and oxygen atoms in total. The zero-order valence-electron chi connectivity index (χ0n) is 13.2. The molecule has 0 radical (unpaired) electrons. The quantitative estimate of drug-likeness (QED) is 0.680. The summed E-state index contributed by atoms with van der Waals surface area (Å²) in [6.07, 6.45) is 1.51. The van der Waals surface area contributed by atoms with Gasteiger partial charge in [0.15, 0.2) is 4.90 Å². The van der Waals surface area contributed by atoms with E-state index in [1.54, 1.807) is 6.92 Å². The van der Waals surface area contributed by atoms with Gasteiger partial charge in [0.1, 0.15) is 17.4 Å². The molecular weight excluding hydrogens is 332 g/mol. The van der Waals surface area contributed by atoms with Gasteiger partial charge in [-0.25, -0.2) is 8.78 Å². The van der Waals surface area contributed by atoms with Gasteiger partial charge >= 0.3 is 0 Å². The van der Waals surface area contributed by atoms with Crippen LogP contribution in [0.15, 0.2) is 52.3 Å². The van der Waals surface area contributed by atoms with Crippen molar-refractivity contribution in [2.75, 3.05) is 5.75 Å². The van der Waals surface area contributed by atoms with Crippen LogP contribution in [0.2, 0.25) is 0 Å². The molecule has 1 atom stereocenters. The molecule has 3 aromatic rings. The Kier molecular flexibility index (Phi) is 4.43. The zero-order valence-corrected chi connectivity index (χ0v) is 14.0. The van der Waals surface area contributed by atoms with Crippen molar-refractivity contribution in [1.82, 2.24) is 4.57 Å². The van der Waals surface area contributed by atoms with Crippen molar-refractivity contribution in [3.05, 3.63) is 64.6 Å². The van der Waals surface area contributed by atoms with Gasteiger partial charge in [0, 0.05) is 30.4 Å². The minimum atomic E-state index is -1.23. The van der Waals surface area contributed by atoms with E-state index in [4.69, 9.17) is 0 Å². The Hall–Kier alpha value is -2.18. The molecule has 6 heteroatoms. The first kappa shape index (κ1) is 16.7. The van der Waals surface area contributed by atoms with Gasteiger partial charge in [-0.2, -0.15) is 0 Å². The molecule has 0 fully saturated rings. The summed E-state index contributed by atoms with van der Waals surface area (Å²) in [5.74, 6) is -0.598. The van der Waals surface area contributed by atoms with Crippen molar-refractivity contribution in [1.29, 1.82) is 0 Å². The number of halogens is 2. The molecule has 0 aliphatic heterocycles. The van der Waals surface area contributed by atoms with Crippen LogP contribution in [0, 0.1) is 11.6 Å². The third-order valence-corrected chi connectivity index (χ3v) is 5.20. The Labute approximate surface area is 140 Å². The van der Waals surface area contributed by atoms with Gasteiger partial charge in [-0.15, -0.1) is 0 Å². The molecule has 0 bridgehead atoms. The molecule has 1 aromatic heterocycles. The highest BCUT2D eigenvalue weighted by Crippen LogP contribution is 2.31. The van der Waals surface area contributed by atoms with E-state index in [0.717, 1.165) is 6.07 Å². The Morgan fingerprint density at radius 3 is 2.54 bits per heavy atom. The van der Waals surface area contributed by atoms with Gasteiger partial charge in [-0.3, -0.25) is 4.79 Å². The van der Waals surface area contributed by atoms with Crippen molar-refractivity contribution in [3.8, 4) is 11.1 Å². The molecule has 1 unspecified atom stereocenters. The summed E-state index contributed by atoms with van der Waals surface area (Å²) in [5.41, 5.74) is 0.336. The number of aryl methyl sites for hydroxylation is 1. The van der Waals surface area contributed by atoms with E-state index in [0.29, 0.717) is 21.6 Å². The molecule has 0 aliphatic rings. The van der Waals surface area contributed by atoms with Crippen molar-refractivity contribution >= 4 is 21.9 Å². The molecule has 3 rings (SSSR count). The molecule has 2 aromatic carbocycles. The highest BCUT2D eigenvalue weighted by atomic mass is 32.2. The third kappa shape index (κ3) is 2.83. The maximum Gasteiger partial charge on any atom is 0.258 e. The van der Waals surface area contributed by atoms with E-state index in [2.05, 4.69) is 0 Å². The van der Waals surface area contributed by atoms with Crippen LogP contribution in [-0.2, 0) is 18.2 Å². The van der Waals surface area contributed by atoms with Crippen molar-refractivity contribution in [2.45, 2.75) is 11.8 Å². The molecule has 1 heterocycles. The lowest BCUT2D eigenvalue weighted by Gasteiger charge is -2.13. The number of benzene rings is 2. The van der Waals surface area contributed by atoms with E-state index < -0.39 is 22.8 Å². The van der Waals surface area contributed by atoms with E-state index in [1.807, 2.05) is 0 Å². The molecule has 24 heavy (non-hydrogen) atoms. The lowest BCUT2D eigenvalue weighted by atomic mass is 10.00. The Morgan fingerprint density at radius 1 is 1.08 bits per heavy atom. The molecular formula is C18H15F2NO2S. The lowest BCUT2D eigenvalue weighted by Crippen LogP contribution is -2.17. The number of hydrogen-bond acceptors (Lipinski definition) is 2. The van der Waals surface area contributed by atoms with E-state index in [-0.39, 0.29) is 16.5 Å². The van der Waals surface area contributed by atoms with E-state index >= 15 is 0 Å². The van der Waals surface area contributed by atoms with Crippen LogP contribution in [0.5, 0.6) is 0 Å². The molecule has 124 valence electrons. The van der Waals surface area contributed by atoms with Gasteiger partial charge in [0.25, 0.3) is 5.56 Å². The van der Waals surface area contributed by atoms with Crippen LogP contribution in [-0.4, -0.2) is 14.9 Å². The first-order chi connectivity index (χ1) is 11.4. The van der Waals surface area contributed by atoms with Gasteiger partial charge in [-0.05, 0) is 47.8 Å².